The highest BCUT2D eigenvalue weighted by molar-refractivity contribution is 7.99. The number of rotatable bonds is 0. The van der Waals surface area contributed by atoms with E-state index in [1.165, 1.54) is 11.8 Å². The summed E-state index contributed by atoms with van der Waals surface area (Å²) in [6, 6.07) is 0. The number of aliphatic hydroxyl groups is 3. The van der Waals surface area contributed by atoms with E-state index >= 15 is 0 Å². The average molecular weight is 150 g/mol. The fourth-order valence-electron chi connectivity index (χ4n) is 0.769. The molecule has 0 aromatic carbocycles. The highest BCUT2D eigenvalue weighted by Crippen LogP contribution is 2.23. The minimum absolute atomic E-state index is 0.572. The van der Waals surface area contributed by atoms with Crippen molar-refractivity contribution in [3.63, 3.8) is 0 Å². The van der Waals surface area contributed by atoms with Crippen LogP contribution in [0.15, 0.2) is 0 Å². The van der Waals surface area contributed by atoms with Crippen molar-refractivity contribution >= 4 is 11.8 Å². The van der Waals surface area contributed by atoms with E-state index in [2.05, 4.69) is 0 Å². The summed E-state index contributed by atoms with van der Waals surface area (Å²) in [5.41, 5.74) is -0.797. The van der Waals surface area contributed by atoms with Crippen molar-refractivity contribution in [2.45, 2.75) is 24.1 Å². The van der Waals surface area contributed by atoms with Crippen LogP contribution in [0.3, 0.4) is 0 Å². The zero-order chi connectivity index (χ0) is 6.85. The Morgan fingerprint density at radius 2 is 1.89 bits per heavy atom. The molecule has 0 bridgehead atoms. The smallest absolute Gasteiger partial charge is 0.128 e. The molecule has 3 nitrogen and oxygen atoms in total. The van der Waals surface area contributed by atoms with Gasteiger partial charge in [-0.1, -0.05) is 0 Å². The van der Waals surface area contributed by atoms with Crippen LogP contribution in [0.25, 0.3) is 0 Å². The molecule has 0 spiro atoms. The van der Waals surface area contributed by atoms with Gasteiger partial charge in [0.05, 0.1) is 6.10 Å². The van der Waals surface area contributed by atoms with E-state index in [0.717, 1.165) is 5.75 Å². The van der Waals surface area contributed by atoms with E-state index < -0.39 is 17.6 Å². The Morgan fingerprint density at radius 1 is 1.22 bits per heavy atom. The normalized spacial score (nSPS) is 45.0. The van der Waals surface area contributed by atoms with Gasteiger partial charge < -0.3 is 15.3 Å². The number of hydrogen-bond donors (Lipinski definition) is 3. The lowest BCUT2D eigenvalue weighted by Crippen LogP contribution is -2.39. The van der Waals surface area contributed by atoms with Gasteiger partial charge in [0.15, 0.2) is 0 Å². The molecule has 0 amide bonds. The van der Waals surface area contributed by atoms with Gasteiger partial charge >= 0.3 is 0 Å². The maximum Gasteiger partial charge on any atom is 0.128 e. The predicted octanol–water partition coefficient (Wildman–Crippen LogP) is -0.837. The molecule has 1 saturated heterocycles. The van der Waals surface area contributed by atoms with Crippen LogP contribution in [0.4, 0.5) is 0 Å². The zero-order valence-electron chi connectivity index (χ0n) is 4.90. The minimum atomic E-state index is -0.955. The summed E-state index contributed by atoms with van der Waals surface area (Å²) in [6.07, 6.45) is -1.12. The zero-order valence-corrected chi connectivity index (χ0v) is 5.71. The molecule has 3 atom stereocenters. The van der Waals surface area contributed by atoms with Gasteiger partial charge in [0.1, 0.15) is 11.5 Å². The average Bonchev–Trinajstić information content (AvgIpc) is 1.83. The van der Waals surface area contributed by atoms with E-state index in [1.807, 2.05) is 0 Å². The molecule has 0 radical (unpaired) electrons. The van der Waals surface area contributed by atoms with Crippen molar-refractivity contribution < 1.29 is 15.3 Å². The summed E-state index contributed by atoms with van der Waals surface area (Å²) >= 11 is 1.28. The monoisotopic (exact) mass is 150 g/mol. The number of aliphatic hydroxyl groups excluding tert-OH is 3. The third-order valence-corrected chi connectivity index (χ3v) is 2.48. The van der Waals surface area contributed by atoms with Gasteiger partial charge in [0, 0.05) is 0 Å². The summed E-state index contributed by atoms with van der Waals surface area (Å²) in [5.74, 6) is 0.722. The molecule has 3 unspecified atom stereocenters. The van der Waals surface area contributed by atoms with Gasteiger partial charge in [0.2, 0.25) is 0 Å². The third-order valence-electron chi connectivity index (χ3n) is 1.39. The fraction of sp³-hybridized carbons (Fsp3) is 1.00. The molecule has 0 aromatic rings. The van der Waals surface area contributed by atoms with Gasteiger partial charge in [-0.3, -0.25) is 0 Å². The third kappa shape index (κ3) is 1.58. The van der Waals surface area contributed by atoms with Crippen LogP contribution in [0.2, 0.25) is 0 Å². The molecule has 1 rings (SSSR count). The largest absolute Gasteiger partial charge is 0.390 e. The molecule has 0 saturated carbocycles. The van der Waals surface area contributed by atoms with Crippen LogP contribution < -0.4 is 0 Å². The number of hydrogen-bond acceptors (Lipinski definition) is 4. The van der Waals surface area contributed by atoms with Crippen LogP contribution >= 0.6 is 11.8 Å². The highest BCUT2D eigenvalue weighted by Gasteiger charge is 2.28. The van der Waals surface area contributed by atoms with Gasteiger partial charge in [-0.05, 0) is 12.2 Å². The second-order valence-corrected chi connectivity index (χ2v) is 3.33. The van der Waals surface area contributed by atoms with Crippen molar-refractivity contribution in [2.75, 3.05) is 5.75 Å². The van der Waals surface area contributed by atoms with Crippen molar-refractivity contribution in [3.05, 3.63) is 0 Å². The Kier molecular flexibility index (Phi) is 2.35. The Bertz CT molecular complexity index is 88.2. The highest BCUT2D eigenvalue weighted by atomic mass is 32.2. The lowest BCUT2D eigenvalue weighted by Gasteiger charge is -2.27. The van der Waals surface area contributed by atoms with Crippen LogP contribution in [0.1, 0.15) is 6.42 Å². The van der Waals surface area contributed by atoms with Gasteiger partial charge in [-0.25, -0.2) is 0 Å². The maximum atomic E-state index is 8.93. The summed E-state index contributed by atoms with van der Waals surface area (Å²) < 4.78 is 0. The molecule has 1 fully saturated rings. The van der Waals surface area contributed by atoms with Crippen LogP contribution in [0.5, 0.6) is 0 Å². The Hall–Kier alpha value is 0.230. The topological polar surface area (TPSA) is 60.7 Å². The van der Waals surface area contributed by atoms with Crippen molar-refractivity contribution in [1.82, 2.24) is 0 Å². The summed E-state index contributed by atoms with van der Waals surface area (Å²) in [6.45, 7) is 0. The fourth-order valence-corrected chi connectivity index (χ4v) is 1.77. The Balaban J connectivity index is 2.41. The molecule has 1 aliphatic heterocycles. The summed E-state index contributed by atoms with van der Waals surface area (Å²) in [5, 5.41) is 26.8. The van der Waals surface area contributed by atoms with E-state index in [4.69, 9.17) is 15.3 Å². The Labute approximate surface area is 57.7 Å². The minimum Gasteiger partial charge on any atom is -0.390 e. The Morgan fingerprint density at radius 3 is 2.33 bits per heavy atom. The molecule has 1 aliphatic rings. The second-order valence-electron chi connectivity index (χ2n) is 2.11. The molecule has 1 heterocycles. The molecule has 3 N–H and O–H groups in total. The molecule has 54 valence electrons. The van der Waals surface area contributed by atoms with E-state index in [9.17, 15) is 0 Å². The van der Waals surface area contributed by atoms with Crippen molar-refractivity contribution in [1.29, 1.82) is 0 Å². The first kappa shape index (κ1) is 7.34. The second kappa shape index (κ2) is 2.88. The lowest BCUT2D eigenvalue weighted by molar-refractivity contribution is -0.0321. The molecular formula is C5H10O3S. The van der Waals surface area contributed by atoms with Crippen LogP contribution in [-0.4, -0.2) is 38.7 Å². The molecule has 9 heavy (non-hydrogen) atoms. The predicted molar refractivity (Wildman–Crippen MR) is 35.1 cm³/mol. The standard InChI is InChI=1S/C5H10O3S/c6-3-1-2-9-5(8)4(3)7/h3-8H,1-2H2. The van der Waals surface area contributed by atoms with Crippen LogP contribution in [-0.2, 0) is 0 Å². The molecular weight excluding hydrogens is 140 g/mol. The van der Waals surface area contributed by atoms with Gasteiger partial charge in [-0.2, -0.15) is 0 Å². The quantitative estimate of drug-likeness (QED) is 0.421. The molecule has 4 heteroatoms. The first-order valence-corrected chi connectivity index (χ1v) is 3.92. The van der Waals surface area contributed by atoms with E-state index in [1.54, 1.807) is 0 Å². The molecule has 0 aromatic heterocycles. The van der Waals surface area contributed by atoms with Gasteiger partial charge in [-0.15, -0.1) is 11.8 Å². The summed E-state index contributed by atoms with van der Waals surface area (Å²) in [4.78, 5) is 0. The van der Waals surface area contributed by atoms with Crippen molar-refractivity contribution in [3.8, 4) is 0 Å². The molecule has 0 aliphatic carbocycles. The van der Waals surface area contributed by atoms with Crippen molar-refractivity contribution in [2.24, 2.45) is 0 Å². The maximum absolute atomic E-state index is 8.93. The van der Waals surface area contributed by atoms with Crippen LogP contribution in [0, 0.1) is 0 Å². The summed E-state index contributed by atoms with van der Waals surface area (Å²) in [7, 11) is 0. The SMILES string of the molecule is OC1CCSC(O)C1O. The first-order valence-electron chi connectivity index (χ1n) is 2.87. The first-order chi connectivity index (χ1) is 4.22. The number of thioether (sulfide) groups is 1. The van der Waals surface area contributed by atoms with E-state index in [0.29, 0.717) is 6.42 Å². The van der Waals surface area contributed by atoms with E-state index in [-0.39, 0.29) is 0 Å². The van der Waals surface area contributed by atoms with Gasteiger partial charge in [0.25, 0.3) is 0 Å². The lowest BCUT2D eigenvalue weighted by atomic mass is 10.1.